The lowest BCUT2D eigenvalue weighted by molar-refractivity contribution is 1.48. The summed E-state index contributed by atoms with van der Waals surface area (Å²) in [6.45, 7) is 4.24. The van der Waals surface area contributed by atoms with Crippen molar-refractivity contribution in [2.75, 3.05) is 0 Å². The molecule has 0 aliphatic rings. The third-order valence-corrected chi connectivity index (χ3v) is 3.66. The highest BCUT2D eigenvalue weighted by molar-refractivity contribution is 7.29. The Balaban J connectivity index is 2.59. The molecule has 0 bridgehead atoms. The van der Waals surface area contributed by atoms with Gasteiger partial charge in [0.05, 0.1) is 0 Å². The van der Waals surface area contributed by atoms with Gasteiger partial charge in [-0.1, -0.05) is 47.5 Å². The van der Waals surface area contributed by atoms with Gasteiger partial charge in [0, 0.05) is 0 Å². The molecule has 2 atom stereocenters. The van der Waals surface area contributed by atoms with Crippen LogP contribution in [0.25, 0.3) is 11.1 Å². The quantitative estimate of drug-likeness (QED) is 0.679. The smallest absolute Gasteiger partial charge is 0.0106 e. The van der Waals surface area contributed by atoms with E-state index in [2.05, 4.69) is 68.7 Å². The van der Waals surface area contributed by atoms with Gasteiger partial charge in [0.1, 0.15) is 0 Å². The summed E-state index contributed by atoms with van der Waals surface area (Å²) in [6, 6.07) is 13.1. The molecule has 0 N–H and O–H groups in total. The topological polar surface area (TPSA) is 0 Å². The first kappa shape index (κ1) is 11.8. The van der Waals surface area contributed by atoms with E-state index in [1.54, 1.807) is 0 Å². The van der Waals surface area contributed by atoms with Crippen molar-refractivity contribution in [1.29, 1.82) is 0 Å². The first-order chi connectivity index (χ1) is 7.58. The van der Waals surface area contributed by atoms with Crippen LogP contribution in [-0.4, -0.2) is 0 Å². The van der Waals surface area contributed by atoms with E-state index in [9.17, 15) is 0 Å². The summed E-state index contributed by atoms with van der Waals surface area (Å²) in [5.74, 6) is 0. The van der Waals surface area contributed by atoms with Crippen molar-refractivity contribution in [1.82, 2.24) is 0 Å². The van der Waals surface area contributed by atoms with E-state index < -0.39 is 0 Å². The van der Waals surface area contributed by atoms with Gasteiger partial charge in [-0.15, -0.1) is 18.5 Å². The standard InChI is InChI=1S/C14H16P2/c1-9-3-5-11(13(15)7-9)12-6-4-10(2)8-14(12)16/h3-8H,15-16H2,1-2H3. The van der Waals surface area contributed by atoms with E-state index >= 15 is 0 Å². The molecule has 0 nitrogen and oxygen atoms in total. The first-order valence-electron chi connectivity index (χ1n) is 5.30. The van der Waals surface area contributed by atoms with Crippen molar-refractivity contribution in [2.45, 2.75) is 13.8 Å². The Hall–Kier alpha value is -0.700. The molecular formula is C14H16P2. The third kappa shape index (κ3) is 2.34. The van der Waals surface area contributed by atoms with Gasteiger partial charge >= 0.3 is 0 Å². The Kier molecular flexibility index (Phi) is 3.43. The highest BCUT2D eigenvalue weighted by atomic mass is 31.0. The highest BCUT2D eigenvalue weighted by Crippen LogP contribution is 2.20. The van der Waals surface area contributed by atoms with Crippen LogP contribution in [0.5, 0.6) is 0 Å². The van der Waals surface area contributed by atoms with E-state index in [1.165, 1.54) is 32.9 Å². The molecule has 16 heavy (non-hydrogen) atoms. The van der Waals surface area contributed by atoms with Gasteiger partial charge < -0.3 is 0 Å². The molecule has 0 amide bonds. The van der Waals surface area contributed by atoms with Crippen LogP contribution in [-0.2, 0) is 0 Å². The fraction of sp³-hybridized carbons (Fsp3) is 0.143. The summed E-state index contributed by atoms with van der Waals surface area (Å²) >= 11 is 0. The van der Waals surface area contributed by atoms with Crippen molar-refractivity contribution in [2.24, 2.45) is 0 Å². The fourth-order valence-corrected chi connectivity index (χ4v) is 2.88. The largest absolute Gasteiger partial charge is 0.105 e. The minimum Gasteiger partial charge on any atom is -0.105 e. The molecule has 0 saturated carbocycles. The number of rotatable bonds is 1. The van der Waals surface area contributed by atoms with Gasteiger partial charge in [0.15, 0.2) is 0 Å². The van der Waals surface area contributed by atoms with Gasteiger partial charge in [0.25, 0.3) is 0 Å². The van der Waals surface area contributed by atoms with Crippen LogP contribution in [0.3, 0.4) is 0 Å². The van der Waals surface area contributed by atoms with E-state index in [0.717, 1.165) is 0 Å². The molecule has 0 radical (unpaired) electrons. The molecule has 82 valence electrons. The number of aryl methyl sites for hydroxylation is 2. The molecule has 2 aromatic carbocycles. The van der Waals surface area contributed by atoms with Crippen molar-refractivity contribution in [3.05, 3.63) is 47.5 Å². The van der Waals surface area contributed by atoms with Gasteiger partial charge in [-0.25, -0.2) is 0 Å². The van der Waals surface area contributed by atoms with Crippen LogP contribution in [0.4, 0.5) is 0 Å². The van der Waals surface area contributed by atoms with Crippen LogP contribution < -0.4 is 10.6 Å². The zero-order valence-corrected chi connectivity index (χ0v) is 11.9. The fourth-order valence-electron chi connectivity index (χ4n) is 1.85. The minimum absolute atomic E-state index is 1.26. The van der Waals surface area contributed by atoms with Crippen LogP contribution in [0.15, 0.2) is 36.4 Å². The normalized spacial score (nSPS) is 10.5. The molecule has 0 spiro atoms. The van der Waals surface area contributed by atoms with Gasteiger partial charge in [0.2, 0.25) is 0 Å². The SMILES string of the molecule is Cc1ccc(-c2ccc(C)cc2P)c(P)c1. The summed E-state index contributed by atoms with van der Waals surface area (Å²) < 4.78 is 0. The molecule has 2 unspecified atom stereocenters. The Morgan fingerprint density at radius 1 is 0.688 bits per heavy atom. The van der Waals surface area contributed by atoms with Crippen molar-refractivity contribution in [3.63, 3.8) is 0 Å². The second-order valence-electron chi connectivity index (χ2n) is 4.18. The van der Waals surface area contributed by atoms with Crippen LogP contribution in [0, 0.1) is 13.8 Å². The second kappa shape index (κ2) is 4.66. The molecule has 0 aromatic heterocycles. The number of hydrogen-bond acceptors (Lipinski definition) is 0. The first-order valence-corrected chi connectivity index (χ1v) is 6.46. The summed E-state index contributed by atoms with van der Waals surface area (Å²) in [5.41, 5.74) is 5.18. The molecule has 0 fully saturated rings. The van der Waals surface area contributed by atoms with Gasteiger partial charge in [-0.2, -0.15) is 0 Å². The third-order valence-electron chi connectivity index (χ3n) is 2.70. The van der Waals surface area contributed by atoms with Crippen LogP contribution in [0.2, 0.25) is 0 Å². The lowest BCUT2D eigenvalue weighted by Gasteiger charge is -2.10. The zero-order chi connectivity index (χ0) is 11.7. The monoisotopic (exact) mass is 246 g/mol. The average Bonchev–Trinajstić information content (AvgIpc) is 2.19. The molecule has 2 heteroatoms. The predicted molar refractivity (Wildman–Crippen MR) is 80.0 cm³/mol. The summed E-state index contributed by atoms with van der Waals surface area (Å²) in [7, 11) is 5.64. The molecule has 0 heterocycles. The number of benzene rings is 2. The molecule has 0 aliphatic carbocycles. The number of hydrogen-bond donors (Lipinski definition) is 0. The van der Waals surface area contributed by atoms with E-state index in [0.29, 0.717) is 0 Å². The Labute approximate surface area is 102 Å². The van der Waals surface area contributed by atoms with E-state index in [-0.39, 0.29) is 0 Å². The maximum absolute atomic E-state index is 2.82. The van der Waals surface area contributed by atoms with E-state index in [4.69, 9.17) is 0 Å². The molecule has 0 aliphatic heterocycles. The van der Waals surface area contributed by atoms with Crippen molar-refractivity contribution >= 4 is 29.1 Å². The summed E-state index contributed by atoms with van der Waals surface area (Å²) in [6.07, 6.45) is 0. The molecule has 2 rings (SSSR count). The molecule has 0 saturated heterocycles. The predicted octanol–water partition coefficient (Wildman–Crippen LogP) is 2.97. The van der Waals surface area contributed by atoms with Gasteiger partial charge in [-0.05, 0) is 35.6 Å². The lowest BCUT2D eigenvalue weighted by atomic mass is 10.0. The average molecular weight is 246 g/mol. The maximum atomic E-state index is 2.82. The van der Waals surface area contributed by atoms with Gasteiger partial charge in [-0.3, -0.25) is 0 Å². The summed E-state index contributed by atoms with van der Waals surface area (Å²) in [4.78, 5) is 0. The molecule has 2 aromatic rings. The summed E-state index contributed by atoms with van der Waals surface area (Å²) in [5, 5.41) is 2.51. The van der Waals surface area contributed by atoms with Crippen molar-refractivity contribution < 1.29 is 0 Å². The molecular weight excluding hydrogens is 230 g/mol. The second-order valence-corrected chi connectivity index (χ2v) is 5.43. The maximum Gasteiger partial charge on any atom is -0.0106 e. The van der Waals surface area contributed by atoms with E-state index in [1.807, 2.05) is 0 Å². The Morgan fingerprint density at radius 3 is 1.38 bits per heavy atom. The Bertz CT molecular complexity index is 481. The van der Waals surface area contributed by atoms with Crippen molar-refractivity contribution in [3.8, 4) is 11.1 Å². The van der Waals surface area contributed by atoms with Crippen LogP contribution in [0.1, 0.15) is 11.1 Å². The highest BCUT2D eigenvalue weighted by Gasteiger charge is 2.05. The Morgan fingerprint density at radius 2 is 1.06 bits per heavy atom. The zero-order valence-electron chi connectivity index (χ0n) is 9.62. The van der Waals surface area contributed by atoms with Crippen LogP contribution >= 0.6 is 18.5 Å². The lowest BCUT2D eigenvalue weighted by Crippen LogP contribution is -2.04. The minimum atomic E-state index is 1.26.